The number of alkyl halides is 3. The second-order valence-corrected chi connectivity index (χ2v) is 6.34. The summed E-state index contributed by atoms with van der Waals surface area (Å²) in [6.07, 6.45) is 0.161. The molecule has 0 radical (unpaired) electrons. The number of anilines is 1. The first-order valence-electron chi connectivity index (χ1n) is 7.86. The highest BCUT2D eigenvalue weighted by molar-refractivity contribution is 7.16. The molecule has 0 saturated heterocycles. The summed E-state index contributed by atoms with van der Waals surface area (Å²) in [7, 11) is 0. The molecule has 2 amide bonds. The second-order valence-electron chi connectivity index (χ2n) is 5.34. The Hall–Kier alpha value is -3.33. The first-order chi connectivity index (χ1) is 13.6. The van der Waals surface area contributed by atoms with Crippen molar-refractivity contribution >= 4 is 39.2 Å². The first kappa shape index (κ1) is 22.0. The van der Waals surface area contributed by atoms with E-state index in [4.69, 9.17) is 6.42 Å². The number of fused-ring (bicyclic) bond motifs is 1. The highest BCUT2D eigenvalue weighted by Crippen LogP contribution is 2.26. The summed E-state index contributed by atoms with van der Waals surface area (Å²) < 4.78 is 59.0. The van der Waals surface area contributed by atoms with Gasteiger partial charge in [0.25, 0.3) is 0 Å². The Labute approximate surface area is 165 Å². The number of carbonyl (C=O) groups excluding carboxylic acids is 2. The van der Waals surface area contributed by atoms with Crippen molar-refractivity contribution in [1.82, 2.24) is 9.88 Å². The minimum absolute atomic E-state index is 0.0616. The molecule has 12 heteroatoms. The van der Waals surface area contributed by atoms with E-state index in [0.29, 0.717) is 0 Å². The van der Waals surface area contributed by atoms with E-state index in [1.807, 2.05) is 5.32 Å². The zero-order valence-electron chi connectivity index (χ0n) is 14.7. The molecule has 0 aliphatic heterocycles. The van der Waals surface area contributed by atoms with Crippen molar-refractivity contribution in [3.63, 3.8) is 0 Å². The van der Waals surface area contributed by atoms with Crippen molar-refractivity contribution in [2.24, 2.45) is 0 Å². The molecule has 0 bridgehead atoms. The predicted octanol–water partition coefficient (Wildman–Crippen LogP) is 2.97. The number of hydrogen-bond acceptors (Lipinski definition) is 5. The van der Waals surface area contributed by atoms with E-state index < -0.39 is 40.3 Å². The number of allylic oxidation sites excluding steroid dienone is 1. The third kappa shape index (κ3) is 5.35. The monoisotopic (exact) mass is 431 g/mol. The molecule has 0 spiro atoms. The Morgan fingerprint density at radius 2 is 2.07 bits per heavy atom. The van der Waals surface area contributed by atoms with Crippen LogP contribution >= 0.6 is 11.3 Å². The molecule has 1 aromatic heterocycles. The minimum atomic E-state index is -5.08. The molecule has 2 N–H and O–H groups in total. The molecule has 7 nitrogen and oxygen atoms in total. The van der Waals surface area contributed by atoms with E-state index in [2.05, 4.69) is 10.7 Å². The molecular formula is C17H13F4N3O4S. The number of urea groups is 1. The summed E-state index contributed by atoms with van der Waals surface area (Å²) in [4.78, 5) is 34.6. The van der Waals surface area contributed by atoms with Gasteiger partial charge in [0.1, 0.15) is 11.5 Å². The number of terminal acetylenes is 1. The fraction of sp³-hybridized carbons (Fsp3) is 0.235. The maximum atomic E-state index is 14.2. The lowest BCUT2D eigenvalue weighted by Gasteiger charge is -2.14. The standard InChI is InChI=1S/C17H13F4N3O4S/c1-3-5-24-11-7-10(9(18)6-12(11)29-16(24)27)22-15(26)23-13(17(19,20)21)8-14(25)28-4-2/h1,6-8H,4-5H2,2H3,(H2,22,23,26)/b13-8+. The minimum Gasteiger partial charge on any atom is -0.463 e. The van der Waals surface area contributed by atoms with Crippen LogP contribution in [-0.2, 0) is 16.1 Å². The number of amides is 2. The fourth-order valence-corrected chi connectivity index (χ4v) is 3.08. The van der Waals surface area contributed by atoms with Gasteiger partial charge in [0.05, 0.1) is 35.1 Å². The lowest BCUT2D eigenvalue weighted by atomic mass is 10.2. The molecule has 0 unspecified atom stereocenters. The van der Waals surface area contributed by atoms with Crippen molar-refractivity contribution in [2.45, 2.75) is 19.6 Å². The average molecular weight is 431 g/mol. The molecule has 0 saturated carbocycles. The van der Waals surface area contributed by atoms with Crippen molar-refractivity contribution in [2.75, 3.05) is 11.9 Å². The number of halogens is 4. The maximum Gasteiger partial charge on any atom is 0.431 e. The molecule has 1 heterocycles. The SMILES string of the molecule is C#CCn1c(=O)sc2cc(F)c(NC(=O)N/C(=C/C(=O)OCC)C(F)(F)F)cc21. The van der Waals surface area contributed by atoms with Crippen LogP contribution in [0, 0.1) is 18.2 Å². The van der Waals surface area contributed by atoms with Gasteiger partial charge in [-0.25, -0.2) is 14.0 Å². The van der Waals surface area contributed by atoms with E-state index in [0.717, 1.165) is 28.0 Å². The normalized spacial score (nSPS) is 11.8. The van der Waals surface area contributed by atoms with Gasteiger partial charge >= 0.3 is 23.0 Å². The highest BCUT2D eigenvalue weighted by Gasteiger charge is 2.36. The van der Waals surface area contributed by atoms with Crippen molar-refractivity contribution in [3.8, 4) is 12.3 Å². The van der Waals surface area contributed by atoms with Crippen molar-refractivity contribution in [1.29, 1.82) is 0 Å². The Morgan fingerprint density at radius 3 is 2.66 bits per heavy atom. The van der Waals surface area contributed by atoms with Crippen LogP contribution in [0.2, 0.25) is 0 Å². The molecular weight excluding hydrogens is 418 g/mol. The molecule has 0 aliphatic carbocycles. The zero-order valence-corrected chi connectivity index (χ0v) is 15.5. The van der Waals surface area contributed by atoms with Crippen LogP contribution in [0.25, 0.3) is 10.2 Å². The van der Waals surface area contributed by atoms with Gasteiger partial charge in [-0.15, -0.1) is 6.42 Å². The van der Waals surface area contributed by atoms with E-state index in [9.17, 15) is 31.9 Å². The summed E-state index contributed by atoms with van der Waals surface area (Å²) >= 11 is 0.720. The van der Waals surface area contributed by atoms with Gasteiger partial charge in [-0.05, 0) is 19.1 Å². The molecule has 0 fully saturated rings. The summed E-state index contributed by atoms with van der Waals surface area (Å²) in [5, 5.41) is 3.34. The maximum absolute atomic E-state index is 14.2. The first-order valence-corrected chi connectivity index (χ1v) is 8.68. The Morgan fingerprint density at radius 1 is 1.38 bits per heavy atom. The van der Waals surface area contributed by atoms with E-state index >= 15 is 0 Å². The van der Waals surface area contributed by atoms with Crippen molar-refractivity contribution in [3.05, 3.63) is 39.4 Å². The van der Waals surface area contributed by atoms with Crippen molar-refractivity contribution < 1.29 is 31.9 Å². The largest absolute Gasteiger partial charge is 0.463 e. The molecule has 0 aliphatic rings. The fourth-order valence-electron chi connectivity index (χ4n) is 2.19. The van der Waals surface area contributed by atoms with Crippen LogP contribution in [0.4, 0.5) is 28.0 Å². The Kier molecular flexibility index (Phi) is 6.65. The number of carbonyl (C=O) groups is 2. The smallest absolute Gasteiger partial charge is 0.431 e. The highest BCUT2D eigenvalue weighted by atomic mass is 32.1. The third-order valence-corrected chi connectivity index (χ3v) is 4.30. The Bertz CT molecular complexity index is 1080. The number of thiazole rings is 1. The summed E-state index contributed by atoms with van der Waals surface area (Å²) in [6.45, 7) is 1.11. The van der Waals surface area contributed by atoms with E-state index in [1.54, 1.807) is 0 Å². The zero-order chi connectivity index (χ0) is 21.8. The summed E-state index contributed by atoms with van der Waals surface area (Å²) in [5.74, 6) is -0.0482. The number of nitrogens with zero attached hydrogens (tertiary/aromatic N) is 1. The quantitative estimate of drug-likeness (QED) is 0.330. The van der Waals surface area contributed by atoms with Gasteiger partial charge in [0, 0.05) is 0 Å². The number of ether oxygens (including phenoxy) is 1. The number of aromatic nitrogens is 1. The van der Waals surface area contributed by atoms with Crippen LogP contribution in [0.3, 0.4) is 0 Å². The van der Waals surface area contributed by atoms with Crippen LogP contribution < -0.4 is 15.5 Å². The van der Waals surface area contributed by atoms with Gasteiger partial charge < -0.3 is 15.4 Å². The lowest BCUT2D eigenvalue weighted by Crippen LogP contribution is -2.35. The lowest BCUT2D eigenvalue weighted by molar-refractivity contribution is -0.138. The van der Waals surface area contributed by atoms with Gasteiger partial charge in [-0.2, -0.15) is 13.2 Å². The molecule has 29 heavy (non-hydrogen) atoms. The molecule has 0 atom stereocenters. The summed E-state index contributed by atoms with van der Waals surface area (Å²) in [5.41, 5.74) is -1.99. The number of benzene rings is 1. The average Bonchev–Trinajstić information content (AvgIpc) is 2.89. The number of nitrogens with one attached hydrogen (secondary N) is 2. The summed E-state index contributed by atoms with van der Waals surface area (Å²) in [6, 6.07) is 0.558. The van der Waals surface area contributed by atoms with Gasteiger partial charge in [0.15, 0.2) is 0 Å². The van der Waals surface area contributed by atoms with Gasteiger partial charge in [-0.1, -0.05) is 17.3 Å². The van der Waals surface area contributed by atoms with Crippen LogP contribution in [-0.4, -0.2) is 29.4 Å². The van der Waals surface area contributed by atoms with Crippen LogP contribution in [0.15, 0.2) is 28.7 Å². The predicted molar refractivity (Wildman–Crippen MR) is 97.8 cm³/mol. The van der Waals surface area contributed by atoms with Crippen LogP contribution in [0.5, 0.6) is 0 Å². The Balaban J connectivity index is 2.31. The molecule has 2 aromatic rings. The second kappa shape index (κ2) is 8.78. The number of hydrogen-bond donors (Lipinski definition) is 2. The van der Waals surface area contributed by atoms with E-state index in [1.165, 1.54) is 12.2 Å². The van der Waals surface area contributed by atoms with Gasteiger partial charge in [-0.3, -0.25) is 9.36 Å². The third-order valence-electron chi connectivity index (χ3n) is 3.36. The molecule has 2 rings (SSSR count). The number of esters is 1. The van der Waals surface area contributed by atoms with E-state index in [-0.39, 0.29) is 29.4 Å². The topological polar surface area (TPSA) is 89.4 Å². The van der Waals surface area contributed by atoms with Crippen LogP contribution in [0.1, 0.15) is 6.92 Å². The van der Waals surface area contributed by atoms with Gasteiger partial charge in [0.2, 0.25) is 0 Å². The molecule has 154 valence electrons. The molecule has 1 aromatic carbocycles. The number of rotatable bonds is 5.